The highest BCUT2D eigenvalue weighted by Gasteiger charge is 2.33. The average Bonchev–Trinajstić information content (AvgIpc) is 2.37. The van der Waals surface area contributed by atoms with Crippen LogP contribution in [0.2, 0.25) is 0 Å². The fraction of sp³-hybridized carbons (Fsp3) is 0.867. The molecule has 0 bridgehead atoms. The Balaban J connectivity index is 2.40. The molecule has 4 nitrogen and oxygen atoms in total. The van der Waals surface area contributed by atoms with Crippen molar-refractivity contribution in [2.24, 2.45) is 11.3 Å². The summed E-state index contributed by atoms with van der Waals surface area (Å²) in [6, 6.07) is 0.199. The molecule has 1 saturated heterocycles. The van der Waals surface area contributed by atoms with Crippen molar-refractivity contribution < 1.29 is 9.59 Å². The Bertz CT molecular complexity index is 348. The molecule has 116 valence electrons. The second-order valence-corrected chi connectivity index (χ2v) is 7.02. The Morgan fingerprint density at radius 2 is 1.85 bits per heavy atom. The van der Waals surface area contributed by atoms with E-state index in [0.29, 0.717) is 31.3 Å². The molecule has 1 aliphatic rings. The fourth-order valence-corrected chi connectivity index (χ4v) is 2.48. The van der Waals surface area contributed by atoms with E-state index >= 15 is 0 Å². The number of hydrogen-bond donors (Lipinski definition) is 1. The Kier molecular flexibility index (Phi) is 6.31. The van der Waals surface area contributed by atoms with E-state index in [2.05, 4.69) is 5.32 Å². The normalized spacial score (nSPS) is 17.4. The summed E-state index contributed by atoms with van der Waals surface area (Å²) in [4.78, 5) is 25.9. The van der Waals surface area contributed by atoms with Crippen molar-refractivity contribution >= 4 is 23.4 Å². The predicted octanol–water partition coefficient (Wildman–Crippen LogP) is 2.40. The van der Waals surface area contributed by atoms with Gasteiger partial charge in [-0.3, -0.25) is 9.59 Å². The molecule has 0 saturated carbocycles. The number of halogens is 1. The lowest BCUT2D eigenvalue weighted by molar-refractivity contribution is -0.140. The third kappa shape index (κ3) is 4.97. The van der Waals surface area contributed by atoms with Crippen LogP contribution in [0.3, 0.4) is 0 Å². The van der Waals surface area contributed by atoms with Gasteiger partial charge in [0.1, 0.15) is 0 Å². The topological polar surface area (TPSA) is 49.4 Å². The molecular formula is C15H27ClN2O2. The molecule has 1 rings (SSSR count). The van der Waals surface area contributed by atoms with Gasteiger partial charge in [-0.1, -0.05) is 13.8 Å². The van der Waals surface area contributed by atoms with Crippen LogP contribution in [0.25, 0.3) is 0 Å². The van der Waals surface area contributed by atoms with Crippen LogP contribution >= 0.6 is 11.6 Å². The zero-order valence-electron chi connectivity index (χ0n) is 13.0. The van der Waals surface area contributed by atoms with E-state index in [1.54, 1.807) is 0 Å². The minimum Gasteiger partial charge on any atom is -0.353 e. The van der Waals surface area contributed by atoms with Crippen LogP contribution in [0.1, 0.15) is 47.0 Å². The molecule has 1 heterocycles. The number of hydrogen-bond acceptors (Lipinski definition) is 2. The molecule has 0 spiro atoms. The summed E-state index contributed by atoms with van der Waals surface area (Å²) in [6.07, 6.45) is 2.22. The monoisotopic (exact) mass is 302 g/mol. The van der Waals surface area contributed by atoms with Crippen molar-refractivity contribution in [2.75, 3.05) is 19.0 Å². The lowest BCUT2D eigenvalue weighted by Crippen LogP contribution is -2.50. The van der Waals surface area contributed by atoms with Crippen LogP contribution in [0.5, 0.6) is 0 Å². The number of rotatable bonds is 5. The molecule has 1 fully saturated rings. The first-order valence-electron chi connectivity index (χ1n) is 7.41. The van der Waals surface area contributed by atoms with E-state index in [9.17, 15) is 9.59 Å². The summed E-state index contributed by atoms with van der Waals surface area (Å²) < 4.78 is 0. The molecule has 0 radical (unpaired) electrons. The van der Waals surface area contributed by atoms with Crippen LogP contribution in [0.15, 0.2) is 0 Å². The molecule has 1 N–H and O–H groups in total. The highest BCUT2D eigenvalue weighted by Crippen LogP contribution is 2.23. The lowest BCUT2D eigenvalue weighted by atomic mass is 9.92. The molecule has 20 heavy (non-hydrogen) atoms. The van der Waals surface area contributed by atoms with Gasteiger partial charge in [-0.15, -0.1) is 11.6 Å². The van der Waals surface area contributed by atoms with E-state index in [-0.39, 0.29) is 17.9 Å². The number of amides is 2. The molecule has 1 aliphatic heterocycles. The number of carbonyl (C=O) groups excluding carboxylic acids is 2. The van der Waals surface area contributed by atoms with Gasteiger partial charge in [-0.25, -0.2) is 0 Å². The van der Waals surface area contributed by atoms with E-state index < -0.39 is 5.41 Å². The second-order valence-electron chi connectivity index (χ2n) is 6.75. The quantitative estimate of drug-likeness (QED) is 0.793. The highest BCUT2D eigenvalue weighted by atomic mass is 35.5. The molecule has 0 aromatic carbocycles. The van der Waals surface area contributed by atoms with Crippen LogP contribution in [-0.4, -0.2) is 41.7 Å². The first-order valence-corrected chi connectivity index (χ1v) is 7.94. The fourth-order valence-electron chi connectivity index (χ4n) is 2.37. The number of alkyl halides is 1. The summed E-state index contributed by atoms with van der Waals surface area (Å²) in [6.45, 7) is 9.22. The lowest BCUT2D eigenvalue weighted by Gasteiger charge is -2.36. The van der Waals surface area contributed by atoms with Gasteiger partial charge in [-0.05, 0) is 32.6 Å². The molecule has 0 aromatic rings. The predicted molar refractivity (Wildman–Crippen MR) is 81.7 cm³/mol. The van der Waals surface area contributed by atoms with Crippen molar-refractivity contribution in [3.8, 4) is 0 Å². The standard InChI is InChI=1S/C15H27ClN2O2/c1-11(2)9-13(19)17-12-5-7-18(8-6-12)14(20)15(3,4)10-16/h11-12H,5-10H2,1-4H3,(H,17,19). The molecule has 0 atom stereocenters. The molecule has 2 amide bonds. The summed E-state index contributed by atoms with van der Waals surface area (Å²) in [5, 5.41) is 3.06. The van der Waals surface area contributed by atoms with Gasteiger partial charge in [0.15, 0.2) is 0 Å². The largest absolute Gasteiger partial charge is 0.353 e. The Hall–Kier alpha value is -0.770. The number of nitrogens with zero attached hydrogens (tertiary/aromatic N) is 1. The molecular weight excluding hydrogens is 276 g/mol. The summed E-state index contributed by atoms with van der Waals surface area (Å²) in [7, 11) is 0. The summed E-state index contributed by atoms with van der Waals surface area (Å²) >= 11 is 5.85. The zero-order chi connectivity index (χ0) is 15.3. The Labute approximate surface area is 127 Å². The van der Waals surface area contributed by atoms with Crippen molar-refractivity contribution in [3.63, 3.8) is 0 Å². The minimum atomic E-state index is -0.505. The zero-order valence-corrected chi connectivity index (χ0v) is 13.8. The van der Waals surface area contributed by atoms with E-state index in [4.69, 9.17) is 11.6 Å². The summed E-state index contributed by atoms with van der Waals surface area (Å²) in [5.41, 5.74) is -0.505. The van der Waals surface area contributed by atoms with Gasteiger partial charge in [0, 0.05) is 31.4 Å². The van der Waals surface area contributed by atoms with Crippen molar-refractivity contribution in [1.82, 2.24) is 10.2 Å². The number of nitrogens with one attached hydrogen (secondary N) is 1. The van der Waals surface area contributed by atoms with Crippen LogP contribution in [-0.2, 0) is 9.59 Å². The van der Waals surface area contributed by atoms with E-state index in [1.807, 2.05) is 32.6 Å². The van der Waals surface area contributed by atoms with E-state index in [0.717, 1.165) is 12.8 Å². The maximum absolute atomic E-state index is 12.3. The smallest absolute Gasteiger partial charge is 0.229 e. The second kappa shape index (κ2) is 7.30. The van der Waals surface area contributed by atoms with Crippen molar-refractivity contribution in [3.05, 3.63) is 0 Å². The molecule has 0 aliphatic carbocycles. The van der Waals surface area contributed by atoms with Crippen LogP contribution in [0, 0.1) is 11.3 Å². The third-order valence-corrected chi connectivity index (χ3v) is 4.32. The van der Waals surface area contributed by atoms with Crippen LogP contribution in [0.4, 0.5) is 0 Å². The van der Waals surface area contributed by atoms with Crippen molar-refractivity contribution in [2.45, 2.75) is 53.0 Å². The average molecular weight is 303 g/mol. The highest BCUT2D eigenvalue weighted by molar-refractivity contribution is 6.19. The van der Waals surface area contributed by atoms with Crippen LogP contribution < -0.4 is 5.32 Å². The van der Waals surface area contributed by atoms with Gasteiger partial charge in [0.05, 0.1) is 5.41 Å². The first kappa shape index (κ1) is 17.3. The maximum Gasteiger partial charge on any atom is 0.229 e. The molecule has 0 unspecified atom stereocenters. The maximum atomic E-state index is 12.3. The Morgan fingerprint density at radius 3 is 2.30 bits per heavy atom. The minimum absolute atomic E-state index is 0.111. The van der Waals surface area contributed by atoms with Crippen molar-refractivity contribution in [1.29, 1.82) is 0 Å². The van der Waals surface area contributed by atoms with Gasteiger partial charge in [-0.2, -0.15) is 0 Å². The number of piperidine rings is 1. The molecule has 0 aromatic heterocycles. The Morgan fingerprint density at radius 1 is 1.30 bits per heavy atom. The van der Waals surface area contributed by atoms with Gasteiger partial charge in [0.25, 0.3) is 0 Å². The SMILES string of the molecule is CC(C)CC(=O)NC1CCN(C(=O)C(C)(C)CCl)CC1. The third-order valence-electron chi connectivity index (χ3n) is 3.65. The number of likely N-dealkylation sites (tertiary alicyclic amines) is 1. The molecule has 5 heteroatoms. The van der Waals surface area contributed by atoms with E-state index in [1.165, 1.54) is 0 Å². The van der Waals surface area contributed by atoms with Gasteiger partial charge >= 0.3 is 0 Å². The number of carbonyl (C=O) groups is 2. The van der Waals surface area contributed by atoms with Gasteiger partial charge < -0.3 is 10.2 Å². The van der Waals surface area contributed by atoms with Gasteiger partial charge in [0.2, 0.25) is 11.8 Å². The summed E-state index contributed by atoms with van der Waals surface area (Å²) in [5.74, 6) is 0.933. The first-order chi connectivity index (χ1) is 9.26.